The highest BCUT2D eigenvalue weighted by Gasteiger charge is 1.99. The normalized spacial score (nSPS) is 10.7. The molecule has 11 heteroatoms. The van der Waals surface area contributed by atoms with Crippen LogP contribution in [0.4, 0.5) is 0 Å². The maximum absolute atomic E-state index is 9.19. The molecule has 236 valence electrons. The Morgan fingerprint density at radius 2 is 0.568 bits per heavy atom. The standard InChI is InChI=1S/C17H20O4S2.C16H18O3S2/c18-14-1-5-16(6-2-14)22-11-9-20-13-21-10-12-23-17-7-3-15(19)4-8-17;17-13-1-5-15(6-2-13)20-11-9-19-10-12-21-16-7-3-14(18)4-8-16/h1-8,18-19H,9-13H2;1-8,17-18H,9-12H2. The zero-order valence-corrected chi connectivity index (χ0v) is 27.5. The van der Waals surface area contributed by atoms with Crippen molar-refractivity contribution in [3.8, 4) is 23.0 Å². The van der Waals surface area contributed by atoms with Gasteiger partial charge in [0.05, 0.1) is 26.4 Å². The molecule has 4 rings (SSSR count). The van der Waals surface area contributed by atoms with Gasteiger partial charge in [0.2, 0.25) is 0 Å². The molecule has 4 N–H and O–H groups in total. The fraction of sp³-hybridized carbons (Fsp3) is 0.273. The van der Waals surface area contributed by atoms with Gasteiger partial charge < -0.3 is 34.6 Å². The van der Waals surface area contributed by atoms with Gasteiger partial charge in [-0.05, 0) is 97.1 Å². The highest BCUT2D eigenvalue weighted by molar-refractivity contribution is 8.00. The summed E-state index contributed by atoms with van der Waals surface area (Å²) in [5.41, 5.74) is 0. The van der Waals surface area contributed by atoms with Gasteiger partial charge in [-0.25, -0.2) is 0 Å². The van der Waals surface area contributed by atoms with Crippen LogP contribution in [0.25, 0.3) is 0 Å². The summed E-state index contributed by atoms with van der Waals surface area (Å²) < 4.78 is 16.4. The summed E-state index contributed by atoms with van der Waals surface area (Å²) in [6.45, 7) is 2.96. The molecule has 0 aromatic heterocycles. The third-order valence-electron chi connectivity index (χ3n) is 5.50. The van der Waals surface area contributed by atoms with Crippen LogP contribution in [-0.4, -0.2) is 76.7 Å². The summed E-state index contributed by atoms with van der Waals surface area (Å²) >= 11 is 6.79. The summed E-state index contributed by atoms with van der Waals surface area (Å²) in [5.74, 6) is 4.63. The summed E-state index contributed by atoms with van der Waals surface area (Å²) in [6, 6.07) is 28.6. The van der Waals surface area contributed by atoms with Crippen molar-refractivity contribution >= 4 is 47.0 Å². The van der Waals surface area contributed by atoms with Gasteiger partial charge >= 0.3 is 0 Å². The van der Waals surface area contributed by atoms with E-state index in [0.717, 1.165) is 42.6 Å². The Labute approximate surface area is 276 Å². The quantitative estimate of drug-likeness (QED) is 0.0469. The summed E-state index contributed by atoms with van der Waals surface area (Å²) in [7, 11) is 0. The maximum atomic E-state index is 9.19. The highest BCUT2D eigenvalue weighted by atomic mass is 32.2. The molecule has 0 unspecified atom stereocenters. The average molecular weight is 675 g/mol. The second-order valence-corrected chi connectivity index (χ2v) is 13.6. The zero-order chi connectivity index (χ0) is 31.2. The lowest BCUT2D eigenvalue weighted by molar-refractivity contribution is -0.0426. The van der Waals surface area contributed by atoms with Gasteiger partial charge in [0.25, 0.3) is 0 Å². The highest BCUT2D eigenvalue weighted by Crippen LogP contribution is 2.23. The lowest BCUT2D eigenvalue weighted by atomic mass is 10.3. The molecule has 0 fully saturated rings. The Morgan fingerprint density at radius 1 is 0.341 bits per heavy atom. The van der Waals surface area contributed by atoms with Crippen molar-refractivity contribution in [2.45, 2.75) is 19.6 Å². The van der Waals surface area contributed by atoms with E-state index < -0.39 is 0 Å². The molecule has 0 amide bonds. The fourth-order valence-corrected chi connectivity index (χ4v) is 6.38. The van der Waals surface area contributed by atoms with E-state index in [1.54, 1.807) is 95.6 Å². The van der Waals surface area contributed by atoms with Crippen LogP contribution >= 0.6 is 47.0 Å². The van der Waals surface area contributed by atoms with Crippen molar-refractivity contribution in [3.05, 3.63) is 97.1 Å². The summed E-state index contributed by atoms with van der Waals surface area (Å²) in [4.78, 5) is 4.49. The topological polar surface area (TPSA) is 109 Å². The molecule has 4 aromatic rings. The first kappa shape index (κ1) is 35.8. The second-order valence-electron chi connectivity index (χ2n) is 8.92. The van der Waals surface area contributed by atoms with E-state index in [-0.39, 0.29) is 11.5 Å². The van der Waals surface area contributed by atoms with Crippen molar-refractivity contribution < 1.29 is 34.6 Å². The Kier molecular flexibility index (Phi) is 17.9. The summed E-state index contributed by atoms with van der Waals surface area (Å²) in [6.07, 6.45) is 0. The molecular formula is C33H38O7S4. The predicted octanol–water partition coefficient (Wildman–Crippen LogP) is 7.97. The number of hydrogen-bond acceptors (Lipinski definition) is 11. The van der Waals surface area contributed by atoms with E-state index in [1.165, 1.54) is 0 Å². The van der Waals surface area contributed by atoms with Gasteiger partial charge in [-0.1, -0.05) is 0 Å². The first-order valence-corrected chi connectivity index (χ1v) is 17.8. The van der Waals surface area contributed by atoms with Crippen LogP contribution in [0.3, 0.4) is 0 Å². The molecule has 0 spiro atoms. The lowest BCUT2D eigenvalue weighted by Crippen LogP contribution is -2.05. The number of rotatable bonds is 18. The Bertz CT molecular complexity index is 1190. The minimum atomic E-state index is 0.282. The van der Waals surface area contributed by atoms with Gasteiger partial charge in [0, 0.05) is 42.6 Å². The van der Waals surface area contributed by atoms with Crippen molar-refractivity contribution in [1.29, 1.82) is 0 Å². The smallest absolute Gasteiger partial charge is 0.146 e. The van der Waals surface area contributed by atoms with E-state index in [0.29, 0.717) is 44.7 Å². The molecular weight excluding hydrogens is 637 g/mol. The molecule has 0 saturated heterocycles. The van der Waals surface area contributed by atoms with Gasteiger partial charge in [-0.2, -0.15) is 0 Å². The number of aromatic hydroxyl groups is 4. The number of thioether (sulfide) groups is 4. The van der Waals surface area contributed by atoms with E-state index in [9.17, 15) is 20.4 Å². The monoisotopic (exact) mass is 674 g/mol. The van der Waals surface area contributed by atoms with Gasteiger partial charge in [0.15, 0.2) is 0 Å². The molecule has 0 heterocycles. The van der Waals surface area contributed by atoms with Crippen molar-refractivity contribution in [2.24, 2.45) is 0 Å². The Balaban J connectivity index is 0.000000241. The van der Waals surface area contributed by atoms with Crippen LogP contribution in [0.2, 0.25) is 0 Å². The molecule has 0 aliphatic carbocycles. The van der Waals surface area contributed by atoms with Crippen LogP contribution in [-0.2, 0) is 14.2 Å². The molecule has 0 aliphatic heterocycles. The van der Waals surface area contributed by atoms with Crippen molar-refractivity contribution in [1.82, 2.24) is 0 Å². The molecule has 7 nitrogen and oxygen atoms in total. The molecule has 0 saturated carbocycles. The second kappa shape index (κ2) is 22.0. The van der Waals surface area contributed by atoms with Crippen LogP contribution in [0.5, 0.6) is 23.0 Å². The third kappa shape index (κ3) is 16.4. The number of ether oxygens (including phenoxy) is 3. The molecule has 44 heavy (non-hydrogen) atoms. The molecule has 0 atom stereocenters. The number of benzene rings is 4. The first-order chi connectivity index (χ1) is 21.5. The first-order valence-electron chi connectivity index (χ1n) is 13.9. The van der Waals surface area contributed by atoms with Crippen molar-refractivity contribution in [3.63, 3.8) is 0 Å². The molecule has 0 radical (unpaired) electrons. The van der Waals surface area contributed by atoms with Gasteiger partial charge in [0.1, 0.15) is 29.8 Å². The minimum Gasteiger partial charge on any atom is -0.508 e. The largest absolute Gasteiger partial charge is 0.508 e. The van der Waals surface area contributed by atoms with E-state index in [1.807, 2.05) is 48.5 Å². The fourth-order valence-electron chi connectivity index (χ4n) is 3.32. The van der Waals surface area contributed by atoms with Crippen LogP contribution in [0.15, 0.2) is 117 Å². The molecule has 0 bridgehead atoms. The van der Waals surface area contributed by atoms with Crippen LogP contribution in [0.1, 0.15) is 0 Å². The molecule has 0 aliphatic rings. The van der Waals surface area contributed by atoms with Crippen LogP contribution < -0.4 is 0 Å². The van der Waals surface area contributed by atoms with Crippen LogP contribution in [0, 0.1) is 0 Å². The summed E-state index contributed by atoms with van der Waals surface area (Å²) in [5, 5.41) is 36.8. The van der Waals surface area contributed by atoms with Gasteiger partial charge in [-0.15, -0.1) is 47.0 Å². The predicted molar refractivity (Wildman–Crippen MR) is 183 cm³/mol. The van der Waals surface area contributed by atoms with E-state index in [2.05, 4.69) is 0 Å². The molecule has 4 aromatic carbocycles. The Morgan fingerprint density at radius 3 is 0.818 bits per heavy atom. The lowest BCUT2D eigenvalue weighted by Gasteiger charge is -2.06. The number of phenols is 4. The SMILES string of the molecule is Oc1ccc(SCCOCCSc2ccc(O)cc2)cc1.Oc1ccc(SCCOCOCCSc2ccc(O)cc2)cc1. The van der Waals surface area contributed by atoms with E-state index >= 15 is 0 Å². The minimum absolute atomic E-state index is 0.282. The zero-order valence-electron chi connectivity index (χ0n) is 24.2. The number of phenolic OH excluding ortho intramolecular Hbond substituents is 4. The maximum Gasteiger partial charge on any atom is 0.146 e. The average Bonchev–Trinajstić information content (AvgIpc) is 3.03. The van der Waals surface area contributed by atoms with Gasteiger partial charge in [-0.3, -0.25) is 0 Å². The van der Waals surface area contributed by atoms with E-state index in [4.69, 9.17) is 14.2 Å². The third-order valence-corrected chi connectivity index (χ3v) is 9.40. The Hall–Kier alpha value is -2.64. The van der Waals surface area contributed by atoms with Crippen molar-refractivity contribution in [2.75, 3.05) is 56.2 Å². The number of hydrogen-bond donors (Lipinski definition) is 4.